The van der Waals surface area contributed by atoms with Crippen molar-refractivity contribution in [3.05, 3.63) is 144 Å². The topological polar surface area (TPSA) is 98.3 Å². The molecule has 0 saturated carbocycles. The highest BCUT2D eigenvalue weighted by Gasteiger charge is 2.47. The molecule has 2 N–H and O–H groups in total. The Kier molecular flexibility index (Phi) is 13.7. The fraction of sp³-hybridized carbons (Fsp3) is 0.489. The summed E-state index contributed by atoms with van der Waals surface area (Å²) in [4.78, 5) is 15.6. The van der Waals surface area contributed by atoms with E-state index in [0.717, 1.165) is 96.0 Å². The molecular weight excluding hydrogens is 711 g/mol. The Morgan fingerprint density at radius 1 is 0.614 bits per heavy atom. The van der Waals surface area contributed by atoms with Gasteiger partial charge in [0.05, 0.1) is 49.2 Å². The molecule has 9 rings (SSSR count). The molecule has 4 fully saturated rings. The predicted molar refractivity (Wildman–Crippen MR) is 225 cm³/mol. The van der Waals surface area contributed by atoms with E-state index in [1.807, 2.05) is 60.2 Å². The number of piperidine rings is 3. The first kappa shape index (κ1) is 41.0. The van der Waals surface area contributed by atoms with Gasteiger partial charge in [0.15, 0.2) is 0 Å². The number of hydrogen-bond donors (Lipinski definition) is 2. The van der Waals surface area contributed by atoms with Crippen LogP contribution >= 0.6 is 0 Å². The molecule has 1 spiro atoms. The highest BCUT2D eigenvalue weighted by molar-refractivity contribution is 5.17. The van der Waals surface area contributed by atoms with E-state index < -0.39 is 11.2 Å². The smallest absolute Gasteiger partial charge is 0.104 e. The second kappa shape index (κ2) is 19.1. The number of epoxide rings is 1. The molecule has 3 aromatic carbocycles. The van der Waals surface area contributed by atoms with Gasteiger partial charge in [-0.3, -0.25) is 14.7 Å². The van der Waals surface area contributed by atoms with E-state index in [0.29, 0.717) is 13.1 Å². The average Bonchev–Trinajstić information content (AvgIpc) is 3.61. The van der Waals surface area contributed by atoms with Crippen LogP contribution in [0, 0.1) is 13.8 Å². The molecular formula is C47H63N7O3. The van der Waals surface area contributed by atoms with E-state index in [1.165, 1.54) is 36.1 Å². The van der Waals surface area contributed by atoms with Gasteiger partial charge >= 0.3 is 0 Å². The zero-order valence-electron chi connectivity index (χ0n) is 34.1. The summed E-state index contributed by atoms with van der Waals surface area (Å²) in [7, 11) is 0. The summed E-state index contributed by atoms with van der Waals surface area (Å²) < 4.78 is 9.61. The Morgan fingerprint density at radius 2 is 1.09 bits per heavy atom. The van der Waals surface area contributed by atoms with E-state index in [4.69, 9.17) is 4.74 Å². The lowest BCUT2D eigenvalue weighted by molar-refractivity contribution is -0.0459. The van der Waals surface area contributed by atoms with E-state index in [2.05, 4.69) is 104 Å². The zero-order valence-corrected chi connectivity index (χ0v) is 34.1. The number of imidazole rings is 2. The van der Waals surface area contributed by atoms with E-state index >= 15 is 0 Å². The van der Waals surface area contributed by atoms with Crippen LogP contribution in [0.2, 0.25) is 0 Å². The summed E-state index contributed by atoms with van der Waals surface area (Å²) in [6.07, 6.45) is 13.8. The van der Waals surface area contributed by atoms with Crippen molar-refractivity contribution in [1.29, 1.82) is 0 Å². The molecule has 0 amide bonds. The number of hydrogen-bond acceptors (Lipinski definition) is 8. The SMILES string of the molecule is Cc1cn(CC2(O)CCCN(Cc3ccccc3)C2)cn1.Cc1cncn1CC1(O)CCCN(Cc2ccccc2)C1.c1ccc(CN2CCCC3(CO3)C2)cc1. The minimum atomic E-state index is -0.654. The normalized spacial score (nSPS) is 25.3. The third-order valence-corrected chi connectivity index (χ3v) is 11.8. The lowest BCUT2D eigenvalue weighted by Crippen LogP contribution is -2.50. The van der Waals surface area contributed by atoms with Crippen molar-refractivity contribution < 1.29 is 14.9 Å². The van der Waals surface area contributed by atoms with Crippen molar-refractivity contribution in [2.75, 3.05) is 45.9 Å². The monoisotopic (exact) mass is 773 g/mol. The fourth-order valence-electron chi connectivity index (χ4n) is 8.90. The first-order chi connectivity index (χ1) is 27.6. The molecule has 3 atom stereocenters. The Hall–Kier alpha value is -4.16. The van der Waals surface area contributed by atoms with Gasteiger partial charge in [-0.05, 0) is 88.7 Å². The molecule has 0 aliphatic carbocycles. The number of β-amino-alcohol motifs (C(OH)–C–C–N with tert-alkyl or cyclic N) is 2. The molecule has 0 bridgehead atoms. The molecule has 10 nitrogen and oxygen atoms in total. The summed E-state index contributed by atoms with van der Waals surface area (Å²) in [5, 5.41) is 21.8. The summed E-state index contributed by atoms with van der Waals surface area (Å²) in [6, 6.07) is 31.6. The van der Waals surface area contributed by atoms with Gasteiger partial charge in [0.2, 0.25) is 0 Å². The van der Waals surface area contributed by atoms with Crippen molar-refractivity contribution in [1.82, 2.24) is 33.8 Å². The average molecular weight is 774 g/mol. The van der Waals surface area contributed by atoms with E-state index in [-0.39, 0.29) is 5.60 Å². The van der Waals surface area contributed by atoms with Gasteiger partial charge in [-0.1, -0.05) is 91.0 Å². The molecule has 4 saturated heterocycles. The van der Waals surface area contributed by atoms with Crippen LogP contribution in [0.3, 0.4) is 0 Å². The zero-order chi connectivity index (χ0) is 39.6. The largest absolute Gasteiger partial charge is 0.387 e. The van der Waals surface area contributed by atoms with Gasteiger partial charge < -0.3 is 24.1 Å². The molecule has 5 aromatic rings. The van der Waals surface area contributed by atoms with Gasteiger partial charge in [0.1, 0.15) is 5.60 Å². The van der Waals surface area contributed by atoms with Crippen LogP contribution in [-0.2, 0) is 37.5 Å². The van der Waals surface area contributed by atoms with Crippen LogP contribution in [0.1, 0.15) is 66.6 Å². The quantitative estimate of drug-likeness (QED) is 0.156. The maximum atomic E-state index is 10.9. The Bertz CT molecular complexity index is 1930. The number of benzene rings is 3. The third-order valence-electron chi connectivity index (χ3n) is 11.8. The molecule has 4 aliphatic heterocycles. The van der Waals surface area contributed by atoms with Crippen LogP contribution in [-0.4, -0.2) is 107 Å². The number of aliphatic hydroxyl groups is 2. The molecule has 3 unspecified atom stereocenters. The minimum absolute atomic E-state index is 0.257. The molecule has 2 aromatic heterocycles. The van der Waals surface area contributed by atoms with Crippen molar-refractivity contribution in [2.24, 2.45) is 0 Å². The molecule has 0 radical (unpaired) electrons. The molecule has 304 valence electrons. The second-order valence-electron chi connectivity index (χ2n) is 17.2. The lowest BCUT2D eigenvalue weighted by atomic mass is 9.92. The summed E-state index contributed by atoms with van der Waals surface area (Å²) in [5.74, 6) is 0. The number of rotatable bonds is 10. The van der Waals surface area contributed by atoms with Gasteiger partial charge in [0.25, 0.3) is 0 Å². The Balaban J connectivity index is 0.000000132. The first-order valence-electron chi connectivity index (χ1n) is 21.0. The van der Waals surface area contributed by atoms with Crippen LogP contribution in [0.5, 0.6) is 0 Å². The first-order valence-corrected chi connectivity index (χ1v) is 21.0. The lowest BCUT2D eigenvalue weighted by Gasteiger charge is -2.39. The number of likely N-dealkylation sites (tertiary alicyclic amines) is 3. The Labute approximate surface area is 339 Å². The van der Waals surface area contributed by atoms with Crippen molar-refractivity contribution in [2.45, 2.75) is 102 Å². The number of aromatic nitrogens is 4. The summed E-state index contributed by atoms with van der Waals surface area (Å²) in [5.41, 5.74) is 5.07. The second-order valence-corrected chi connectivity index (χ2v) is 17.2. The van der Waals surface area contributed by atoms with Crippen LogP contribution < -0.4 is 0 Å². The number of nitrogens with zero attached hydrogens (tertiary/aromatic N) is 7. The standard InChI is InChI=1S/2C17H23N3O.C13H17NO/c1-15-10-20(14-18-15)13-17(21)8-5-9-19(12-17)11-16-6-3-2-4-7-16;1-15-10-18-14-20(15)13-17(21)8-5-9-19(12-17)11-16-6-3-2-4-7-16;1-2-5-12(6-3-1)9-14-8-4-7-13(10-14)11-15-13/h2*2-4,6-7,10,14,21H,5,8-9,11-13H2,1H3;1-3,5-6H,4,7-11H2. The highest BCUT2D eigenvalue weighted by Crippen LogP contribution is 2.36. The predicted octanol–water partition coefficient (Wildman–Crippen LogP) is 6.49. The van der Waals surface area contributed by atoms with Crippen molar-refractivity contribution in [3.63, 3.8) is 0 Å². The highest BCUT2D eigenvalue weighted by atomic mass is 16.6. The summed E-state index contributed by atoms with van der Waals surface area (Å²) in [6.45, 7) is 15.0. The van der Waals surface area contributed by atoms with Gasteiger partial charge in [-0.25, -0.2) is 9.97 Å². The summed E-state index contributed by atoms with van der Waals surface area (Å²) >= 11 is 0. The van der Waals surface area contributed by atoms with Crippen molar-refractivity contribution >= 4 is 0 Å². The molecule has 10 heteroatoms. The molecule has 4 aliphatic rings. The molecule has 57 heavy (non-hydrogen) atoms. The van der Waals surface area contributed by atoms with E-state index in [1.54, 1.807) is 0 Å². The Morgan fingerprint density at radius 3 is 1.53 bits per heavy atom. The number of aryl methyl sites for hydroxylation is 2. The van der Waals surface area contributed by atoms with Crippen LogP contribution in [0.15, 0.2) is 116 Å². The van der Waals surface area contributed by atoms with Crippen LogP contribution in [0.25, 0.3) is 0 Å². The van der Waals surface area contributed by atoms with Gasteiger partial charge in [-0.2, -0.15) is 0 Å². The fourth-order valence-corrected chi connectivity index (χ4v) is 8.90. The maximum absolute atomic E-state index is 10.9. The third kappa shape index (κ3) is 12.4. The molecule has 6 heterocycles. The maximum Gasteiger partial charge on any atom is 0.104 e. The van der Waals surface area contributed by atoms with Crippen LogP contribution in [0.4, 0.5) is 0 Å². The van der Waals surface area contributed by atoms with Gasteiger partial charge in [-0.15, -0.1) is 0 Å². The van der Waals surface area contributed by atoms with E-state index in [9.17, 15) is 10.2 Å². The van der Waals surface area contributed by atoms with Gasteiger partial charge in [0, 0.05) is 57.4 Å². The number of ether oxygens (including phenoxy) is 1. The van der Waals surface area contributed by atoms with Crippen molar-refractivity contribution in [3.8, 4) is 0 Å². The minimum Gasteiger partial charge on any atom is -0.387 e.